The smallest absolute Gasteiger partial charge is 0.272 e. The average Bonchev–Trinajstić information content (AvgIpc) is 3.05. The van der Waals surface area contributed by atoms with Crippen molar-refractivity contribution in [3.8, 4) is 0 Å². The molecule has 1 aliphatic heterocycles. The molecule has 1 aliphatic rings. The van der Waals surface area contributed by atoms with Crippen LogP contribution in [0.4, 0.5) is 11.5 Å². The zero-order chi connectivity index (χ0) is 15.5. The maximum Gasteiger partial charge on any atom is 0.272 e. The van der Waals surface area contributed by atoms with E-state index in [2.05, 4.69) is 15.3 Å². The summed E-state index contributed by atoms with van der Waals surface area (Å²) in [7, 11) is 0. The number of benzene rings is 1. The van der Waals surface area contributed by atoms with E-state index in [0.29, 0.717) is 27.2 Å². The van der Waals surface area contributed by atoms with Crippen LogP contribution in [0.3, 0.4) is 0 Å². The molecule has 0 unspecified atom stereocenters. The molecule has 0 spiro atoms. The van der Waals surface area contributed by atoms with Gasteiger partial charge in [-0.2, -0.15) is 0 Å². The Morgan fingerprint density at radius 1 is 1.14 bits per heavy atom. The Hall–Kier alpha value is -1.85. The summed E-state index contributed by atoms with van der Waals surface area (Å²) in [6.45, 7) is 1.56. The second kappa shape index (κ2) is 6.50. The zero-order valence-corrected chi connectivity index (χ0v) is 13.2. The maximum atomic E-state index is 12.3. The van der Waals surface area contributed by atoms with Crippen LogP contribution in [0.2, 0.25) is 10.0 Å². The summed E-state index contributed by atoms with van der Waals surface area (Å²) in [5.41, 5.74) is 0.923. The number of anilines is 2. The Morgan fingerprint density at radius 2 is 1.82 bits per heavy atom. The minimum absolute atomic E-state index is 0.0757. The van der Waals surface area contributed by atoms with E-state index >= 15 is 0 Å². The van der Waals surface area contributed by atoms with E-state index in [1.54, 1.807) is 29.2 Å². The summed E-state index contributed by atoms with van der Waals surface area (Å²) in [6.07, 6.45) is 3.44. The van der Waals surface area contributed by atoms with E-state index in [0.717, 1.165) is 25.9 Å². The van der Waals surface area contributed by atoms with Crippen LogP contribution >= 0.6 is 23.2 Å². The van der Waals surface area contributed by atoms with E-state index < -0.39 is 0 Å². The van der Waals surface area contributed by atoms with Gasteiger partial charge in [-0.15, -0.1) is 0 Å². The van der Waals surface area contributed by atoms with Crippen molar-refractivity contribution in [1.82, 2.24) is 14.9 Å². The molecule has 22 heavy (non-hydrogen) atoms. The quantitative estimate of drug-likeness (QED) is 0.926. The summed E-state index contributed by atoms with van der Waals surface area (Å²) in [6, 6.07) is 6.83. The number of rotatable bonds is 3. The Labute approximate surface area is 138 Å². The molecule has 1 aromatic heterocycles. The van der Waals surface area contributed by atoms with Crippen LogP contribution < -0.4 is 5.32 Å². The van der Waals surface area contributed by atoms with E-state index in [4.69, 9.17) is 23.2 Å². The van der Waals surface area contributed by atoms with Gasteiger partial charge in [-0.1, -0.05) is 29.3 Å². The second-order valence-electron chi connectivity index (χ2n) is 5.01. The van der Waals surface area contributed by atoms with E-state index in [1.807, 2.05) is 0 Å². The lowest BCUT2D eigenvalue weighted by molar-refractivity contribution is 0.0787. The minimum atomic E-state index is -0.0757. The van der Waals surface area contributed by atoms with E-state index in [-0.39, 0.29) is 5.91 Å². The third-order valence-electron chi connectivity index (χ3n) is 3.50. The molecular formula is C15H14Cl2N4O. The lowest BCUT2D eigenvalue weighted by atomic mass is 10.3. The van der Waals surface area contributed by atoms with Gasteiger partial charge in [0.2, 0.25) is 0 Å². The first-order chi connectivity index (χ1) is 10.6. The topological polar surface area (TPSA) is 58.1 Å². The minimum Gasteiger partial charge on any atom is -0.338 e. The average molecular weight is 337 g/mol. The molecule has 1 aromatic carbocycles. The van der Waals surface area contributed by atoms with Gasteiger partial charge in [-0.3, -0.25) is 4.79 Å². The van der Waals surface area contributed by atoms with E-state index in [9.17, 15) is 4.79 Å². The molecule has 2 aromatic rings. The fourth-order valence-electron chi connectivity index (χ4n) is 2.37. The van der Waals surface area contributed by atoms with Crippen molar-refractivity contribution in [3.05, 3.63) is 46.3 Å². The molecule has 1 amide bonds. The number of halogens is 2. The van der Waals surface area contributed by atoms with Crippen molar-refractivity contribution in [1.29, 1.82) is 0 Å². The van der Waals surface area contributed by atoms with Crippen LogP contribution in [0.1, 0.15) is 23.3 Å². The summed E-state index contributed by atoms with van der Waals surface area (Å²) in [5, 5.41) is 4.01. The van der Waals surface area contributed by atoms with Crippen molar-refractivity contribution >= 4 is 40.6 Å². The van der Waals surface area contributed by atoms with Crippen LogP contribution in [-0.2, 0) is 0 Å². The van der Waals surface area contributed by atoms with Crippen LogP contribution in [0.15, 0.2) is 30.6 Å². The van der Waals surface area contributed by atoms with Gasteiger partial charge in [-0.25, -0.2) is 9.97 Å². The number of nitrogens with zero attached hydrogens (tertiary/aromatic N) is 3. The summed E-state index contributed by atoms with van der Waals surface area (Å²) >= 11 is 12.2. The van der Waals surface area contributed by atoms with Gasteiger partial charge in [0.05, 0.1) is 15.7 Å². The van der Waals surface area contributed by atoms with Crippen LogP contribution in [0, 0.1) is 0 Å². The summed E-state index contributed by atoms with van der Waals surface area (Å²) in [5.74, 6) is 0.403. The number of carbonyl (C=O) groups excluding carboxylic acids is 1. The number of amides is 1. The highest BCUT2D eigenvalue weighted by molar-refractivity contribution is 6.39. The molecule has 0 atom stereocenters. The normalized spacial score (nSPS) is 14.2. The highest BCUT2D eigenvalue weighted by Gasteiger charge is 2.21. The first-order valence-electron chi connectivity index (χ1n) is 6.97. The van der Waals surface area contributed by atoms with Gasteiger partial charge in [0.1, 0.15) is 17.8 Å². The van der Waals surface area contributed by atoms with Gasteiger partial charge >= 0.3 is 0 Å². The highest BCUT2D eigenvalue weighted by Crippen LogP contribution is 2.32. The SMILES string of the molecule is O=C(c1cc(Nc2c(Cl)cccc2Cl)ncn1)N1CCCC1. The molecule has 1 fully saturated rings. The zero-order valence-electron chi connectivity index (χ0n) is 11.7. The van der Waals surface area contributed by atoms with Crippen molar-refractivity contribution in [2.75, 3.05) is 18.4 Å². The first-order valence-corrected chi connectivity index (χ1v) is 7.73. The van der Waals surface area contributed by atoms with Crippen molar-refractivity contribution in [2.24, 2.45) is 0 Å². The van der Waals surface area contributed by atoms with Crippen molar-refractivity contribution < 1.29 is 4.79 Å². The van der Waals surface area contributed by atoms with Crippen LogP contribution in [0.25, 0.3) is 0 Å². The molecular weight excluding hydrogens is 323 g/mol. The molecule has 5 nitrogen and oxygen atoms in total. The predicted molar refractivity (Wildman–Crippen MR) is 86.9 cm³/mol. The third-order valence-corrected chi connectivity index (χ3v) is 4.13. The number of para-hydroxylation sites is 1. The Bertz CT molecular complexity index is 681. The van der Waals surface area contributed by atoms with E-state index in [1.165, 1.54) is 6.33 Å². The van der Waals surface area contributed by atoms with Crippen molar-refractivity contribution in [2.45, 2.75) is 12.8 Å². The van der Waals surface area contributed by atoms with Gasteiger partial charge < -0.3 is 10.2 Å². The molecule has 7 heteroatoms. The molecule has 2 heterocycles. The fourth-order valence-corrected chi connectivity index (χ4v) is 2.86. The first kappa shape index (κ1) is 15.1. The number of likely N-dealkylation sites (tertiary alicyclic amines) is 1. The Kier molecular flexibility index (Phi) is 4.45. The highest BCUT2D eigenvalue weighted by atomic mass is 35.5. The molecule has 0 bridgehead atoms. The molecule has 0 aliphatic carbocycles. The Balaban J connectivity index is 1.83. The molecule has 0 saturated carbocycles. The molecule has 0 radical (unpaired) electrons. The summed E-state index contributed by atoms with van der Waals surface area (Å²) < 4.78 is 0. The van der Waals surface area contributed by atoms with Crippen molar-refractivity contribution in [3.63, 3.8) is 0 Å². The second-order valence-corrected chi connectivity index (χ2v) is 5.82. The van der Waals surface area contributed by atoms with Crippen LogP contribution in [-0.4, -0.2) is 33.9 Å². The number of hydrogen-bond acceptors (Lipinski definition) is 4. The molecule has 3 rings (SSSR count). The summed E-state index contributed by atoms with van der Waals surface area (Å²) in [4.78, 5) is 22.3. The largest absolute Gasteiger partial charge is 0.338 e. The lowest BCUT2D eigenvalue weighted by Crippen LogP contribution is -2.28. The third kappa shape index (κ3) is 3.15. The lowest BCUT2D eigenvalue weighted by Gasteiger charge is -2.15. The van der Waals surface area contributed by atoms with Crippen LogP contribution in [0.5, 0.6) is 0 Å². The molecule has 1 N–H and O–H groups in total. The number of carbonyl (C=O) groups is 1. The monoisotopic (exact) mass is 336 g/mol. The van der Waals surface area contributed by atoms with Gasteiger partial charge in [-0.05, 0) is 25.0 Å². The molecule has 1 saturated heterocycles. The Morgan fingerprint density at radius 3 is 2.50 bits per heavy atom. The number of nitrogens with one attached hydrogen (secondary N) is 1. The predicted octanol–water partition coefficient (Wildman–Crippen LogP) is 3.76. The van der Waals surface area contributed by atoms with Gasteiger partial charge in [0, 0.05) is 19.2 Å². The standard InChI is InChI=1S/C15H14Cl2N4O/c16-10-4-3-5-11(17)14(10)20-13-8-12(18-9-19-13)15(22)21-6-1-2-7-21/h3-5,8-9H,1-2,6-7H2,(H,18,19,20). The maximum absolute atomic E-state index is 12.3. The number of aromatic nitrogens is 2. The fraction of sp³-hybridized carbons (Fsp3) is 0.267. The molecule has 114 valence electrons. The number of hydrogen-bond donors (Lipinski definition) is 1. The van der Waals surface area contributed by atoms with Gasteiger partial charge in [0.25, 0.3) is 5.91 Å². The van der Waals surface area contributed by atoms with Gasteiger partial charge in [0.15, 0.2) is 0 Å².